The normalized spacial score (nSPS) is 12.4. The number of hydrogen-bond donors (Lipinski definition) is 0. The van der Waals surface area contributed by atoms with Crippen LogP contribution in [-0.2, 0) is 0 Å². The SMILES string of the molecule is c1ccc(-c2ccc3c(c2)c2cc(-c4ccccc4)cc4c2n3-c2cc(-c3ncncn3)cc3c2B4c2cc(-c4ccccc4)cc4c5cc(-c6ccccc6)ccc5n-3c24)cc1. The van der Waals surface area contributed by atoms with Crippen LogP contribution in [0.2, 0.25) is 0 Å². The molecule has 2 aliphatic rings. The number of nitrogens with zero attached hydrogens (tertiary/aromatic N) is 5. The molecule has 0 saturated heterocycles. The first-order chi connectivity index (χ1) is 31.2. The zero-order chi connectivity index (χ0) is 41.2. The maximum Gasteiger partial charge on any atom is 0.252 e. The van der Waals surface area contributed by atoms with Crippen LogP contribution in [0.5, 0.6) is 0 Å². The third-order valence-corrected chi connectivity index (χ3v) is 13.5. The van der Waals surface area contributed by atoms with Gasteiger partial charge in [0.1, 0.15) is 12.7 Å². The summed E-state index contributed by atoms with van der Waals surface area (Å²) in [6.45, 7) is -0.0736. The standard InChI is InChI=1S/C57H34BN5/c1-5-13-35(14-6-1)39-21-23-50-44(25-39)46-27-41(37-17-9-3-10-18-37)29-48-55(46)62(50)52-31-43(57-60-33-59-34-61-57)32-53-54(52)58(48)49-30-42(38-19-11-4-12-20-38)28-47-45-26-40(36-15-7-2-8-16-36)22-24-51(45)63(53)56(47)49/h1-34H. The summed E-state index contributed by atoms with van der Waals surface area (Å²) >= 11 is 0. The van der Waals surface area contributed by atoms with Crippen molar-refractivity contribution < 1.29 is 0 Å². The van der Waals surface area contributed by atoms with Gasteiger partial charge in [0.15, 0.2) is 5.82 Å². The summed E-state index contributed by atoms with van der Waals surface area (Å²) < 4.78 is 5.07. The molecule has 0 fully saturated rings. The van der Waals surface area contributed by atoms with Crippen molar-refractivity contribution in [2.24, 2.45) is 0 Å². The number of rotatable bonds is 5. The molecule has 63 heavy (non-hydrogen) atoms. The lowest BCUT2D eigenvalue weighted by molar-refractivity contribution is 1.05. The molecular formula is C57H34BN5. The van der Waals surface area contributed by atoms with Gasteiger partial charge in [0.25, 0.3) is 6.71 Å². The van der Waals surface area contributed by atoms with Crippen LogP contribution in [-0.4, -0.2) is 30.8 Å². The summed E-state index contributed by atoms with van der Waals surface area (Å²) in [5.74, 6) is 0.647. The zero-order valence-electron chi connectivity index (χ0n) is 33.9. The predicted octanol–water partition coefficient (Wildman–Crippen LogP) is 11.5. The molecule has 12 aromatic rings. The van der Waals surface area contributed by atoms with E-state index >= 15 is 0 Å². The van der Waals surface area contributed by atoms with E-state index in [0.717, 1.165) is 16.9 Å². The molecule has 0 unspecified atom stereocenters. The molecule has 0 bridgehead atoms. The minimum Gasteiger partial charge on any atom is -0.310 e. The highest BCUT2D eigenvalue weighted by Crippen LogP contribution is 2.44. The molecule has 0 amide bonds. The lowest BCUT2D eigenvalue weighted by Crippen LogP contribution is -2.59. The highest BCUT2D eigenvalue weighted by atomic mass is 15.0. The maximum atomic E-state index is 4.74. The van der Waals surface area contributed by atoms with Crippen molar-refractivity contribution in [3.63, 3.8) is 0 Å². The fourth-order valence-corrected chi connectivity index (χ4v) is 10.8. The number of benzene rings is 9. The summed E-state index contributed by atoms with van der Waals surface area (Å²) in [7, 11) is 0. The summed E-state index contributed by atoms with van der Waals surface area (Å²) in [4.78, 5) is 13.7. The van der Waals surface area contributed by atoms with Gasteiger partial charge in [0.2, 0.25) is 0 Å². The molecule has 5 nitrogen and oxygen atoms in total. The molecule has 0 N–H and O–H groups in total. The molecule has 0 spiro atoms. The summed E-state index contributed by atoms with van der Waals surface area (Å²) in [5, 5.41) is 4.94. The van der Waals surface area contributed by atoms with E-state index in [4.69, 9.17) is 9.97 Å². The summed E-state index contributed by atoms with van der Waals surface area (Å²) in [6.07, 6.45) is 3.19. The van der Waals surface area contributed by atoms with E-state index < -0.39 is 0 Å². The highest BCUT2D eigenvalue weighted by Gasteiger charge is 2.42. The molecule has 0 radical (unpaired) electrons. The van der Waals surface area contributed by atoms with Gasteiger partial charge in [-0.15, -0.1) is 0 Å². The largest absolute Gasteiger partial charge is 0.310 e. The zero-order valence-corrected chi connectivity index (χ0v) is 33.9. The summed E-state index contributed by atoms with van der Waals surface area (Å²) in [6, 6.07) is 71.6. The van der Waals surface area contributed by atoms with Gasteiger partial charge < -0.3 is 9.13 Å². The average Bonchev–Trinajstić information content (AvgIpc) is 3.88. The van der Waals surface area contributed by atoms with Crippen LogP contribution in [0.3, 0.4) is 0 Å². The fourth-order valence-electron chi connectivity index (χ4n) is 10.8. The Hall–Kier alpha value is -8.35. The Morgan fingerprint density at radius 2 is 0.730 bits per heavy atom. The minimum atomic E-state index is -0.0736. The monoisotopic (exact) mass is 799 g/mol. The van der Waals surface area contributed by atoms with E-state index in [1.165, 1.54) is 105 Å². The molecule has 3 aromatic heterocycles. The van der Waals surface area contributed by atoms with Crippen molar-refractivity contribution in [3.05, 3.63) is 207 Å². The van der Waals surface area contributed by atoms with E-state index in [2.05, 4.69) is 208 Å². The number of aromatic nitrogens is 5. The fraction of sp³-hybridized carbons (Fsp3) is 0. The predicted molar refractivity (Wildman–Crippen MR) is 260 cm³/mol. The van der Waals surface area contributed by atoms with Crippen LogP contribution in [0.25, 0.3) is 111 Å². The van der Waals surface area contributed by atoms with E-state index in [0.29, 0.717) is 5.82 Å². The van der Waals surface area contributed by atoms with Gasteiger partial charge in [0.05, 0.1) is 11.0 Å². The lowest BCUT2D eigenvalue weighted by Gasteiger charge is -2.34. The first-order valence-electron chi connectivity index (χ1n) is 21.5. The minimum absolute atomic E-state index is 0.0736. The molecule has 9 aromatic carbocycles. The quantitative estimate of drug-likeness (QED) is 0.163. The Morgan fingerprint density at radius 3 is 1.16 bits per heavy atom. The van der Waals surface area contributed by atoms with E-state index in [-0.39, 0.29) is 6.71 Å². The molecule has 14 rings (SSSR count). The van der Waals surface area contributed by atoms with Crippen LogP contribution in [0.1, 0.15) is 0 Å². The smallest absolute Gasteiger partial charge is 0.252 e. The van der Waals surface area contributed by atoms with Gasteiger partial charge in [0, 0.05) is 49.5 Å². The van der Waals surface area contributed by atoms with Gasteiger partial charge in [-0.25, -0.2) is 15.0 Å². The summed E-state index contributed by atoms with van der Waals surface area (Å²) in [5.41, 5.74) is 21.6. The lowest BCUT2D eigenvalue weighted by atomic mass is 9.34. The second-order valence-corrected chi connectivity index (χ2v) is 16.8. The number of hydrogen-bond acceptors (Lipinski definition) is 3. The van der Waals surface area contributed by atoms with Crippen molar-refractivity contribution >= 4 is 66.7 Å². The van der Waals surface area contributed by atoms with Gasteiger partial charge in [-0.3, -0.25) is 0 Å². The average molecular weight is 800 g/mol. The van der Waals surface area contributed by atoms with Crippen molar-refractivity contribution in [2.45, 2.75) is 0 Å². The molecule has 5 heterocycles. The van der Waals surface area contributed by atoms with Crippen molar-refractivity contribution in [3.8, 4) is 67.3 Å². The molecule has 2 aliphatic heterocycles. The molecule has 0 atom stereocenters. The highest BCUT2D eigenvalue weighted by molar-refractivity contribution is 7.00. The van der Waals surface area contributed by atoms with E-state index in [1.807, 2.05) is 0 Å². The van der Waals surface area contributed by atoms with Crippen LogP contribution in [0, 0.1) is 0 Å². The van der Waals surface area contributed by atoms with Crippen molar-refractivity contribution in [1.82, 2.24) is 24.1 Å². The number of fused-ring (bicyclic) bond motifs is 10. The molecule has 6 heteroatoms. The first-order valence-corrected chi connectivity index (χ1v) is 21.5. The van der Waals surface area contributed by atoms with Crippen LogP contribution < -0.4 is 16.4 Å². The molecule has 0 aliphatic carbocycles. The Bertz CT molecular complexity index is 3590. The Morgan fingerprint density at radius 1 is 0.333 bits per heavy atom. The third-order valence-electron chi connectivity index (χ3n) is 13.5. The van der Waals surface area contributed by atoms with Gasteiger partial charge in [-0.1, -0.05) is 146 Å². The van der Waals surface area contributed by atoms with E-state index in [1.54, 1.807) is 12.7 Å². The third kappa shape index (κ3) is 4.97. The second kappa shape index (κ2) is 13.1. The van der Waals surface area contributed by atoms with Crippen molar-refractivity contribution in [2.75, 3.05) is 0 Å². The molecular weight excluding hydrogens is 765 g/mol. The Balaban J connectivity index is 1.17. The molecule has 0 saturated carbocycles. The van der Waals surface area contributed by atoms with Gasteiger partial charge >= 0.3 is 0 Å². The van der Waals surface area contributed by atoms with Gasteiger partial charge in [-0.2, -0.15) is 0 Å². The maximum absolute atomic E-state index is 4.74. The van der Waals surface area contributed by atoms with Crippen molar-refractivity contribution in [1.29, 1.82) is 0 Å². The van der Waals surface area contributed by atoms with E-state index in [9.17, 15) is 0 Å². The van der Waals surface area contributed by atoms with Gasteiger partial charge in [-0.05, 0) is 109 Å². The second-order valence-electron chi connectivity index (χ2n) is 16.8. The Kier molecular flexibility index (Phi) is 7.14. The first kappa shape index (κ1) is 34.4. The Labute approximate surface area is 363 Å². The topological polar surface area (TPSA) is 48.5 Å². The van der Waals surface area contributed by atoms with Crippen LogP contribution in [0.4, 0.5) is 0 Å². The molecule has 290 valence electrons. The van der Waals surface area contributed by atoms with Crippen LogP contribution >= 0.6 is 0 Å². The van der Waals surface area contributed by atoms with Crippen LogP contribution in [0.15, 0.2) is 207 Å².